The van der Waals surface area contributed by atoms with Crippen LogP contribution in [0, 0.1) is 0 Å². The van der Waals surface area contributed by atoms with Gasteiger partial charge in [0, 0.05) is 11.8 Å². The van der Waals surface area contributed by atoms with E-state index < -0.39 is 0 Å². The van der Waals surface area contributed by atoms with Gasteiger partial charge in [-0.1, -0.05) is 19.1 Å². The topological polar surface area (TPSA) is 21.3 Å². The first-order chi connectivity index (χ1) is 8.30. The van der Waals surface area contributed by atoms with Crippen LogP contribution in [0.4, 0.5) is 0 Å². The van der Waals surface area contributed by atoms with Gasteiger partial charge in [0.05, 0.1) is 7.11 Å². The van der Waals surface area contributed by atoms with Crippen LogP contribution in [0.1, 0.15) is 18.9 Å². The zero-order valence-corrected chi connectivity index (χ0v) is 11.8. The molecule has 0 aliphatic rings. The van der Waals surface area contributed by atoms with E-state index >= 15 is 0 Å². The monoisotopic (exact) mass is 253 g/mol. The maximum absolute atomic E-state index is 5.14. The van der Waals surface area contributed by atoms with Crippen LogP contribution in [0.3, 0.4) is 0 Å². The molecule has 0 aromatic heterocycles. The van der Waals surface area contributed by atoms with E-state index in [1.807, 2.05) is 23.9 Å². The highest BCUT2D eigenvalue weighted by atomic mass is 32.2. The maximum atomic E-state index is 5.14. The van der Waals surface area contributed by atoms with Crippen LogP contribution in [0.25, 0.3) is 0 Å². The number of benzene rings is 1. The van der Waals surface area contributed by atoms with E-state index in [1.165, 1.54) is 17.7 Å². The summed E-state index contributed by atoms with van der Waals surface area (Å²) >= 11 is 1.91. The summed E-state index contributed by atoms with van der Waals surface area (Å²) in [5.74, 6) is 2.12. The van der Waals surface area contributed by atoms with Gasteiger partial charge in [-0.2, -0.15) is 11.8 Å². The molecule has 0 bridgehead atoms. The van der Waals surface area contributed by atoms with E-state index in [-0.39, 0.29) is 0 Å². The first-order valence-corrected chi connectivity index (χ1v) is 7.54. The number of rotatable bonds is 8. The fourth-order valence-corrected chi connectivity index (χ4v) is 2.49. The minimum atomic E-state index is 0.642. The Morgan fingerprint density at radius 1 is 1.29 bits per heavy atom. The molecule has 1 rings (SSSR count). The van der Waals surface area contributed by atoms with Crippen molar-refractivity contribution in [3.63, 3.8) is 0 Å². The summed E-state index contributed by atoms with van der Waals surface area (Å²) in [4.78, 5) is 0. The zero-order chi connectivity index (χ0) is 12.5. The van der Waals surface area contributed by atoms with Crippen LogP contribution in [-0.2, 0) is 6.42 Å². The third kappa shape index (κ3) is 5.46. The lowest BCUT2D eigenvalue weighted by Gasteiger charge is -2.15. The molecule has 0 fully saturated rings. The number of hydrogen-bond donors (Lipinski definition) is 1. The fraction of sp³-hybridized carbons (Fsp3) is 0.571. The van der Waals surface area contributed by atoms with E-state index in [0.29, 0.717) is 6.04 Å². The van der Waals surface area contributed by atoms with Crippen molar-refractivity contribution in [1.29, 1.82) is 0 Å². The second-order valence-electron chi connectivity index (χ2n) is 4.11. The Balaban J connectivity index is 2.29. The van der Waals surface area contributed by atoms with Crippen LogP contribution in [0.2, 0.25) is 0 Å². The van der Waals surface area contributed by atoms with Crippen molar-refractivity contribution in [2.75, 3.05) is 25.7 Å². The Bertz CT molecular complexity index is 300. The molecule has 3 heteroatoms. The fourth-order valence-electron chi connectivity index (χ4n) is 1.74. The number of nitrogens with one attached hydrogen (secondary N) is 1. The Morgan fingerprint density at radius 2 is 2.00 bits per heavy atom. The smallest absolute Gasteiger partial charge is 0.118 e. The third-order valence-electron chi connectivity index (χ3n) is 2.87. The zero-order valence-electron chi connectivity index (χ0n) is 11.0. The molecular formula is C14H23NOS. The van der Waals surface area contributed by atoms with Crippen molar-refractivity contribution in [3.05, 3.63) is 29.8 Å². The maximum Gasteiger partial charge on any atom is 0.118 e. The van der Waals surface area contributed by atoms with Crippen molar-refractivity contribution >= 4 is 11.8 Å². The second kappa shape index (κ2) is 8.43. The minimum absolute atomic E-state index is 0.642. The lowest BCUT2D eigenvalue weighted by Crippen LogP contribution is -2.32. The molecule has 1 aromatic rings. The van der Waals surface area contributed by atoms with Gasteiger partial charge in [-0.05, 0) is 43.3 Å². The van der Waals surface area contributed by atoms with E-state index in [0.717, 1.165) is 18.7 Å². The van der Waals surface area contributed by atoms with Crippen molar-refractivity contribution in [2.45, 2.75) is 25.8 Å². The highest BCUT2D eigenvalue weighted by Gasteiger charge is 2.03. The van der Waals surface area contributed by atoms with Gasteiger partial charge < -0.3 is 10.1 Å². The van der Waals surface area contributed by atoms with Crippen molar-refractivity contribution < 1.29 is 4.74 Å². The molecule has 0 saturated heterocycles. The number of ether oxygens (including phenoxy) is 1. The molecule has 17 heavy (non-hydrogen) atoms. The van der Waals surface area contributed by atoms with Crippen molar-refractivity contribution in [1.82, 2.24) is 5.32 Å². The van der Waals surface area contributed by atoms with Crippen LogP contribution >= 0.6 is 11.8 Å². The first-order valence-electron chi connectivity index (χ1n) is 6.15. The molecule has 0 radical (unpaired) electrons. The summed E-state index contributed by atoms with van der Waals surface area (Å²) in [7, 11) is 1.70. The van der Waals surface area contributed by atoms with Crippen LogP contribution in [-0.4, -0.2) is 31.7 Å². The van der Waals surface area contributed by atoms with E-state index in [4.69, 9.17) is 4.74 Å². The van der Waals surface area contributed by atoms with Crippen LogP contribution in [0.15, 0.2) is 24.3 Å². The average molecular weight is 253 g/mol. The quantitative estimate of drug-likeness (QED) is 0.769. The van der Waals surface area contributed by atoms with Crippen molar-refractivity contribution in [3.8, 4) is 5.75 Å². The summed E-state index contributed by atoms with van der Waals surface area (Å²) < 4.78 is 5.14. The van der Waals surface area contributed by atoms with Gasteiger partial charge in [-0.15, -0.1) is 0 Å². The molecule has 1 unspecified atom stereocenters. The van der Waals surface area contributed by atoms with E-state index in [2.05, 4.69) is 30.6 Å². The second-order valence-corrected chi connectivity index (χ2v) is 5.02. The Labute approximate surface area is 109 Å². The van der Waals surface area contributed by atoms with Gasteiger partial charge in [0.25, 0.3) is 0 Å². The standard InChI is InChI=1S/C14H23NOS/c1-4-13(11-17-3)15-10-9-12-5-7-14(16-2)8-6-12/h5-8,13,15H,4,9-11H2,1-3H3. The molecule has 0 amide bonds. The number of hydrogen-bond acceptors (Lipinski definition) is 3. The molecule has 96 valence electrons. The molecule has 0 aliphatic heterocycles. The molecule has 1 aromatic carbocycles. The van der Waals surface area contributed by atoms with E-state index in [1.54, 1.807) is 7.11 Å². The van der Waals surface area contributed by atoms with Gasteiger partial charge in [0.15, 0.2) is 0 Å². The highest BCUT2D eigenvalue weighted by Crippen LogP contribution is 2.11. The number of methoxy groups -OCH3 is 1. The Morgan fingerprint density at radius 3 is 2.53 bits per heavy atom. The van der Waals surface area contributed by atoms with Gasteiger partial charge in [-0.3, -0.25) is 0 Å². The summed E-state index contributed by atoms with van der Waals surface area (Å²) in [6.45, 7) is 3.28. The molecular weight excluding hydrogens is 230 g/mol. The predicted octanol–water partition coefficient (Wildman–Crippen LogP) is 2.97. The first kappa shape index (κ1) is 14.4. The number of thioether (sulfide) groups is 1. The largest absolute Gasteiger partial charge is 0.497 e. The third-order valence-corrected chi connectivity index (χ3v) is 3.60. The Hall–Kier alpha value is -0.670. The highest BCUT2D eigenvalue weighted by molar-refractivity contribution is 7.98. The molecule has 1 atom stereocenters. The average Bonchev–Trinajstić information content (AvgIpc) is 2.38. The molecule has 0 aliphatic carbocycles. The van der Waals surface area contributed by atoms with Gasteiger partial charge in [0.1, 0.15) is 5.75 Å². The summed E-state index contributed by atoms with van der Waals surface area (Å²) in [5, 5.41) is 3.60. The van der Waals surface area contributed by atoms with Gasteiger partial charge in [-0.25, -0.2) is 0 Å². The Kier molecular flexibility index (Phi) is 7.13. The molecule has 0 saturated carbocycles. The van der Waals surface area contributed by atoms with Crippen LogP contribution < -0.4 is 10.1 Å². The van der Waals surface area contributed by atoms with Gasteiger partial charge >= 0.3 is 0 Å². The van der Waals surface area contributed by atoms with Crippen LogP contribution in [0.5, 0.6) is 5.75 Å². The van der Waals surface area contributed by atoms with Crippen molar-refractivity contribution in [2.24, 2.45) is 0 Å². The molecule has 0 spiro atoms. The SMILES string of the molecule is CCC(CSC)NCCc1ccc(OC)cc1. The molecule has 0 heterocycles. The predicted molar refractivity (Wildman–Crippen MR) is 77.2 cm³/mol. The summed E-state index contributed by atoms with van der Waals surface area (Å²) in [5.41, 5.74) is 1.36. The molecule has 1 N–H and O–H groups in total. The summed E-state index contributed by atoms with van der Waals surface area (Å²) in [6, 6.07) is 8.96. The summed E-state index contributed by atoms with van der Waals surface area (Å²) in [6.07, 6.45) is 4.44. The molecule has 2 nitrogen and oxygen atoms in total. The lowest BCUT2D eigenvalue weighted by molar-refractivity contribution is 0.414. The normalized spacial score (nSPS) is 12.4. The lowest BCUT2D eigenvalue weighted by atomic mass is 10.1. The van der Waals surface area contributed by atoms with Gasteiger partial charge in [0.2, 0.25) is 0 Å². The van der Waals surface area contributed by atoms with E-state index in [9.17, 15) is 0 Å². The minimum Gasteiger partial charge on any atom is -0.497 e.